The van der Waals surface area contributed by atoms with Gasteiger partial charge in [-0.25, -0.2) is 9.18 Å². The number of ether oxygens (including phenoxy) is 2. The van der Waals surface area contributed by atoms with Crippen LogP contribution in [0.3, 0.4) is 0 Å². The zero-order valence-electron chi connectivity index (χ0n) is 21.5. The maximum atomic E-state index is 14.5. The van der Waals surface area contributed by atoms with Crippen LogP contribution >= 0.6 is 11.8 Å². The Labute approximate surface area is 213 Å². The van der Waals surface area contributed by atoms with Crippen molar-refractivity contribution in [2.24, 2.45) is 0 Å². The lowest BCUT2D eigenvalue weighted by atomic mass is 10.0. The minimum atomic E-state index is -0.518. The van der Waals surface area contributed by atoms with Crippen molar-refractivity contribution in [3.05, 3.63) is 58.9 Å². The van der Waals surface area contributed by atoms with Crippen molar-refractivity contribution in [3.8, 4) is 5.75 Å². The Morgan fingerprint density at radius 2 is 2.00 bits per heavy atom. The summed E-state index contributed by atoms with van der Waals surface area (Å²) in [6, 6.07) is 11.7. The lowest BCUT2D eigenvalue weighted by Crippen LogP contribution is -2.55. The predicted octanol–water partition coefficient (Wildman–Crippen LogP) is 6.23. The topological polar surface area (TPSA) is 42.0 Å². The molecule has 0 N–H and O–H groups in total. The zero-order chi connectivity index (χ0) is 25.2. The standard InChI is InChI=1S/C28H37FN2O3S/c1-19-8-9-21(16-24(19)29)25(33-23-10-11-26-22(15-23)7-6-14-35-26)18-30-12-13-31(20(2)17-30)27(32)34-28(3,4)5/h8-11,15-16,20,25H,6-7,12-14,17-18H2,1-5H3/t20-,25?/m1/s1. The van der Waals surface area contributed by atoms with E-state index in [0.29, 0.717) is 31.7 Å². The molecule has 0 aliphatic carbocycles. The summed E-state index contributed by atoms with van der Waals surface area (Å²) in [5.41, 5.74) is 2.25. The number of nitrogens with zero attached hydrogens (tertiary/aromatic N) is 2. The average Bonchev–Trinajstić information content (AvgIpc) is 2.79. The summed E-state index contributed by atoms with van der Waals surface area (Å²) >= 11 is 1.89. The van der Waals surface area contributed by atoms with Crippen LogP contribution in [-0.2, 0) is 11.2 Å². The monoisotopic (exact) mass is 500 g/mol. The molecule has 0 bridgehead atoms. The molecule has 1 unspecified atom stereocenters. The summed E-state index contributed by atoms with van der Waals surface area (Å²) < 4.78 is 26.6. The van der Waals surface area contributed by atoms with Gasteiger partial charge < -0.3 is 14.4 Å². The van der Waals surface area contributed by atoms with Crippen LogP contribution in [0.25, 0.3) is 0 Å². The van der Waals surface area contributed by atoms with Gasteiger partial charge in [0.2, 0.25) is 0 Å². The molecule has 2 aromatic rings. The average molecular weight is 501 g/mol. The molecule has 2 heterocycles. The van der Waals surface area contributed by atoms with Crippen LogP contribution in [-0.4, -0.2) is 59.5 Å². The van der Waals surface area contributed by atoms with E-state index < -0.39 is 5.60 Å². The van der Waals surface area contributed by atoms with E-state index in [9.17, 15) is 9.18 Å². The molecule has 0 radical (unpaired) electrons. The van der Waals surface area contributed by atoms with Crippen molar-refractivity contribution < 1.29 is 18.7 Å². The van der Waals surface area contributed by atoms with Crippen molar-refractivity contribution in [1.82, 2.24) is 9.80 Å². The van der Waals surface area contributed by atoms with Gasteiger partial charge in [0, 0.05) is 37.1 Å². The normalized spacial score (nSPS) is 19.7. The van der Waals surface area contributed by atoms with Gasteiger partial charge >= 0.3 is 6.09 Å². The third-order valence-electron chi connectivity index (χ3n) is 6.49. The molecule has 2 atom stereocenters. The van der Waals surface area contributed by atoms with Crippen LogP contribution in [0.2, 0.25) is 0 Å². The van der Waals surface area contributed by atoms with Gasteiger partial charge in [-0.15, -0.1) is 11.8 Å². The number of thioether (sulfide) groups is 1. The van der Waals surface area contributed by atoms with E-state index in [-0.39, 0.29) is 24.1 Å². The molecule has 1 fully saturated rings. The molecule has 2 aliphatic heterocycles. The molecule has 1 amide bonds. The second-order valence-electron chi connectivity index (χ2n) is 10.6. The first kappa shape index (κ1) is 25.8. The van der Waals surface area contributed by atoms with Crippen LogP contribution < -0.4 is 4.74 Å². The minimum Gasteiger partial charge on any atom is -0.484 e. The second-order valence-corrected chi connectivity index (χ2v) is 11.8. The lowest BCUT2D eigenvalue weighted by Gasteiger charge is -2.41. The summed E-state index contributed by atoms with van der Waals surface area (Å²) in [6.07, 6.45) is 1.64. The number of benzene rings is 2. The number of hydrogen-bond donors (Lipinski definition) is 0. The predicted molar refractivity (Wildman–Crippen MR) is 139 cm³/mol. The van der Waals surface area contributed by atoms with E-state index in [1.54, 1.807) is 17.9 Å². The molecule has 5 nitrogen and oxygen atoms in total. The van der Waals surface area contributed by atoms with Crippen LogP contribution in [0.4, 0.5) is 9.18 Å². The van der Waals surface area contributed by atoms with Crippen molar-refractivity contribution in [2.45, 2.75) is 70.1 Å². The number of hydrogen-bond acceptors (Lipinski definition) is 5. The van der Waals surface area contributed by atoms with Gasteiger partial charge in [-0.05, 0) is 94.2 Å². The smallest absolute Gasteiger partial charge is 0.410 e. The number of rotatable bonds is 5. The van der Waals surface area contributed by atoms with Gasteiger partial charge in [-0.2, -0.15) is 0 Å². The van der Waals surface area contributed by atoms with Gasteiger partial charge in [0.05, 0.1) is 0 Å². The first-order valence-corrected chi connectivity index (χ1v) is 13.5. The van der Waals surface area contributed by atoms with Crippen molar-refractivity contribution in [3.63, 3.8) is 0 Å². The molecule has 2 aliphatic rings. The molecule has 1 saturated heterocycles. The molecular formula is C28H37FN2O3S. The summed E-state index contributed by atoms with van der Waals surface area (Å²) in [4.78, 5) is 18.0. The Bertz CT molecular complexity index is 1050. The molecule has 190 valence electrons. The Balaban J connectivity index is 1.49. The zero-order valence-corrected chi connectivity index (χ0v) is 22.3. The number of amides is 1. The number of halogens is 1. The van der Waals surface area contributed by atoms with Crippen molar-refractivity contribution in [1.29, 1.82) is 0 Å². The minimum absolute atomic E-state index is 0.00905. The quantitative estimate of drug-likeness (QED) is 0.487. The van der Waals surface area contributed by atoms with Crippen LogP contribution in [0.1, 0.15) is 56.9 Å². The number of carbonyl (C=O) groups is 1. The summed E-state index contributed by atoms with van der Waals surface area (Å²) in [7, 11) is 0. The number of aryl methyl sites for hydroxylation is 2. The first-order chi connectivity index (χ1) is 16.6. The Hall–Kier alpha value is -2.25. The third kappa shape index (κ3) is 6.70. The van der Waals surface area contributed by atoms with Crippen LogP contribution in [0, 0.1) is 12.7 Å². The van der Waals surface area contributed by atoms with Crippen molar-refractivity contribution in [2.75, 3.05) is 31.9 Å². The third-order valence-corrected chi connectivity index (χ3v) is 7.69. The molecule has 0 aromatic heterocycles. The number of carbonyl (C=O) groups excluding carboxylic acids is 1. The van der Waals surface area contributed by atoms with E-state index in [0.717, 1.165) is 23.5 Å². The van der Waals surface area contributed by atoms with Gasteiger partial charge in [-0.3, -0.25) is 4.90 Å². The first-order valence-electron chi connectivity index (χ1n) is 12.5. The summed E-state index contributed by atoms with van der Waals surface area (Å²) in [6.45, 7) is 12.1. The van der Waals surface area contributed by atoms with Crippen LogP contribution in [0.5, 0.6) is 5.75 Å². The SMILES string of the molecule is Cc1ccc(C(CN2CCN(C(=O)OC(C)(C)C)[C@H](C)C2)Oc2ccc3c(c2)CCCS3)cc1F. The van der Waals surface area contributed by atoms with Crippen molar-refractivity contribution >= 4 is 17.9 Å². The molecule has 4 rings (SSSR count). The Kier molecular flexibility index (Phi) is 7.96. The number of piperazine rings is 1. The van der Waals surface area contributed by atoms with Gasteiger partial charge in [0.15, 0.2) is 0 Å². The van der Waals surface area contributed by atoms with Gasteiger partial charge in [0.25, 0.3) is 0 Å². The Morgan fingerprint density at radius 3 is 2.71 bits per heavy atom. The fourth-order valence-corrected chi connectivity index (χ4v) is 5.64. The molecular weight excluding hydrogens is 463 g/mol. The van der Waals surface area contributed by atoms with E-state index in [1.807, 2.05) is 57.7 Å². The largest absolute Gasteiger partial charge is 0.484 e. The molecule has 7 heteroatoms. The highest BCUT2D eigenvalue weighted by molar-refractivity contribution is 7.99. The van der Waals surface area contributed by atoms with E-state index in [1.165, 1.54) is 16.9 Å². The second kappa shape index (κ2) is 10.8. The summed E-state index contributed by atoms with van der Waals surface area (Å²) in [5.74, 6) is 1.75. The van der Waals surface area contributed by atoms with Gasteiger partial charge in [-0.1, -0.05) is 12.1 Å². The highest BCUT2D eigenvalue weighted by Crippen LogP contribution is 2.34. The van der Waals surface area contributed by atoms with E-state index in [4.69, 9.17) is 9.47 Å². The molecule has 0 saturated carbocycles. The molecule has 2 aromatic carbocycles. The lowest BCUT2D eigenvalue weighted by molar-refractivity contribution is -0.00299. The number of fused-ring (bicyclic) bond motifs is 1. The van der Waals surface area contributed by atoms with Gasteiger partial charge in [0.1, 0.15) is 23.3 Å². The molecule has 35 heavy (non-hydrogen) atoms. The van der Waals surface area contributed by atoms with E-state index >= 15 is 0 Å². The fraction of sp³-hybridized carbons (Fsp3) is 0.536. The highest BCUT2D eigenvalue weighted by Gasteiger charge is 2.32. The Morgan fingerprint density at radius 1 is 1.20 bits per heavy atom. The highest BCUT2D eigenvalue weighted by atomic mass is 32.2. The maximum Gasteiger partial charge on any atom is 0.410 e. The fourth-order valence-electron chi connectivity index (χ4n) is 4.62. The molecule has 0 spiro atoms. The van der Waals surface area contributed by atoms with Crippen LogP contribution in [0.15, 0.2) is 41.3 Å². The summed E-state index contributed by atoms with van der Waals surface area (Å²) in [5, 5.41) is 0. The maximum absolute atomic E-state index is 14.5. The van der Waals surface area contributed by atoms with E-state index in [2.05, 4.69) is 17.0 Å².